The van der Waals surface area contributed by atoms with Gasteiger partial charge in [0.15, 0.2) is 22.4 Å². The van der Waals surface area contributed by atoms with Crippen LogP contribution in [-0.4, -0.2) is 53.9 Å². The van der Waals surface area contributed by atoms with Crippen molar-refractivity contribution >= 4 is 28.5 Å². The van der Waals surface area contributed by atoms with Gasteiger partial charge in [-0.15, -0.1) is 0 Å². The van der Waals surface area contributed by atoms with E-state index in [1.807, 2.05) is 6.08 Å². The number of carbonyl (C=O) groups is 2. The van der Waals surface area contributed by atoms with Gasteiger partial charge in [0.25, 0.3) is 0 Å². The van der Waals surface area contributed by atoms with Crippen molar-refractivity contribution in [2.75, 3.05) is 19.8 Å². The Balaban J connectivity index is 2.78. The first-order chi connectivity index (χ1) is 12.1. The Bertz CT molecular complexity index is 570. The molecule has 1 amide bonds. The lowest BCUT2D eigenvalue weighted by molar-refractivity contribution is -0.120. The first-order valence-corrected chi connectivity index (χ1v) is 16.4. The van der Waals surface area contributed by atoms with E-state index in [0.717, 1.165) is 0 Å². The monoisotopic (exact) mass is 415 g/mol. The number of carbonyl (C=O) groups excluding carboxylic acids is 2. The average molecular weight is 416 g/mol. The van der Waals surface area contributed by atoms with Crippen molar-refractivity contribution in [3.05, 3.63) is 11.6 Å². The van der Waals surface area contributed by atoms with Crippen molar-refractivity contribution in [1.82, 2.24) is 5.32 Å². The summed E-state index contributed by atoms with van der Waals surface area (Å²) >= 11 is 0. The fourth-order valence-electron chi connectivity index (χ4n) is 2.57. The van der Waals surface area contributed by atoms with E-state index in [0.29, 0.717) is 18.8 Å². The molecule has 0 spiro atoms. The number of rotatable bonds is 8. The SMILES string of the molecule is CC(C)(C)OC(=O)NCC1=C[C@H](CO[Si](C)(C)C)[C@@H](CO[Si](C)(C)C)C1=O. The molecule has 8 heteroatoms. The Labute approximate surface area is 166 Å². The highest BCUT2D eigenvalue weighted by Gasteiger charge is 2.37. The van der Waals surface area contributed by atoms with Crippen LogP contribution in [0.5, 0.6) is 0 Å². The van der Waals surface area contributed by atoms with Gasteiger partial charge >= 0.3 is 6.09 Å². The van der Waals surface area contributed by atoms with Crippen LogP contribution in [0.4, 0.5) is 4.79 Å². The van der Waals surface area contributed by atoms with Gasteiger partial charge in [0.1, 0.15) is 5.60 Å². The molecule has 0 aromatic carbocycles. The molecule has 6 nitrogen and oxygen atoms in total. The van der Waals surface area contributed by atoms with Gasteiger partial charge in [-0.2, -0.15) is 0 Å². The standard InChI is InChI=1S/C19H37NO5Si2/c1-19(2,3)25-18(22)20-11-14-10-15(12-23-26(4,5)6)16(17(14)21)13-24-27(7,8)9/h10,15-16H,11-13H2,1-9H3,(H,20,22)/t15-,16-/m1/s1. The molecule has 156 valence electrons. The third-order valence-electron chi connectivity index (χ3n) is 3.81. The smallest absolute Gasteiger partial charge is 0.407 e. The van der Waals surface area contributed by atoms with Gasteiger partial charge in [-0.25, -0.2) is 4.79 Å². The second-order valence-corrected chi connectivity index (χ2v) is 19.1. The molecule has 0 radical (unpaired) electrons. The van der Waals surface area contributed by atoms with Crippen molar-refractivity contribution in [3.63, 3.8) is 0 Å². The van der Waals surface area contributed by atoms with Crippen LogP contribution in [0.25, 0.3) is 0 Å². The van der Waals surface area contributed by atoms with E-state index in [1.165, 1.54) is 0 Å². The molecule has 27 heavy (non-hydrogen) atoms. The highest BCUT2D eigenvalue weighted by atomic mass is 28.4. The first kappa shape index (κ1) is 24.1. The van der Waals surface area contributed by atoms with Crippen molar-refractivity contribution in [3.8, 4) is 0 Å². The van der Waals surface area contributed by atoms with E-state index in [2.05, 4.69) is 44.6 Å². The van der Waals surface area contributed by atoms with Crippen LogP contribution in [-0.2, 0) is 18.4 Å². The summed E-state index contributed by atoms with van der Waals surface area (Å²) in [5, 5.41) is 2.68. The van der Waals surface area contributed by atoms with E-state index >= 15 is 0 Å². The first-order valence-electron chi connectivity index (χ1n) is 9.57. The topological polar surface area (TPSA) is 73.9 Å². The molecule has 0 aromatic heterocycles. The number of hydrogen-bond donors (Lipinski definition) is 1. The maximum absolute atomic E-state index is 12.9. The van der Waals surface area contributed by atoms with Crippen LogP contribution in [0, 0.1) is 11.8 Å². The molecule has 1 rings (SSSR count). The lowest BCUT2D eigenvalue weighted by atomic mass is 9.96. The average Bonchev–Trinajstić information content (AvgIpc) is 2.73. The molecular formula is C19H37NO5Si2. The molecule has 0 aliphatic heterocycles. The summed E-state index contributed by atoms with van der Waals surface area (Å²) < 4.78 is 17.3. The molecule has 1 aliphatic rings. The summed E-state index contributed by atoms with van der Waals surface area (Å²) in [4.78, 5) is 24.8. The number of hydrogen-bond acceptors (Lipinski definition) is 5. The normalized spacial score (nSPS) is 21.2. The molecule has 0 unspecified atom stereocenters. The number of amides is 1. The molecule has 0 bridgehead atoms. The summed E-state index contributed by atoms with van der Waals surface area (Å²) in [6.07, 6.45) is 1.42. The van der Waals surface area contributed by atoms with Gasteiger partial charge in [-0.05, 0) is 60.1 Å². The van der Waals surface area contributed by atoms with Crippen molar-refractivity contribution in [2.24, 2.45) is 11.8 Å². The molecular weight excluding hydrogens is 378 g/mol. The number of nitrogens with one attached hydrogen (secondary N) is 1. The van der Waals surface area contributed by atoms with Crippen LogP contribution < -0.4 is 5.32 Å². The van der Waals surface area contributed by atoms with Crippen molar-refractivity contribution in [2.45, 2.75) is 65.7 Å². The van der Waals surface area contributed by atoms with Crippen LogP contribution in [0.1, 0.15) is 20.8 Å². The van der Waals surface area contributed by atoms with E-state index in [-0.39, 0.29) is 24.2 Å². The predicted octanol–water partition coefficient (Wildman–Crippen LogP) is 3.96. The Morgan fingerprint density at radius 2 is 1.56 bits per heavy atom. The predicted molar refractivity (Wildman–Crippen MR) is 113 cm³/mol. The van der Waals surface area contributed by atoms with Gasteiger partial charge in [-0.3, -0.25) is 4.79 Å². The number of alkyl carbamates (subject to hydrolysis) is 1. The zero-order chi connectivity index (χ0) is 21.0. The third-order valence-corrected chi connectivity index (χ3v) is 5.88. The summed E-state index contributed by atoms with van der Waals surface area (Å²) in [5.41, 5.74) is 0.0359. The second kappa shape index (κ2) is 9.02. The Morgan fingerprint density at radius 3 is 2.04 bits per heavy atom. The van der Waals surface area contributed by atoms with E-state index in [4.69, 9.17) is 13.6 Å². The number of ether oxygens (including phenoxy) is 1. The molecule has 1 aliphatic carbocycles. The summed E-state index contributed by atoms with van der Waals surface area (Å²) in [6, 6.07) is 0. The maximum atomic E-state index is 12.9. The highest BCUT2D eigenvalue weighted by molar-refractivity contribution is 6.70. The minimum Gasteiger partial charge on any atom is -0.444 e. The van der Waals surface area contributed by atoms with Gasteiger partial charge in [0.2, 0.25) is 0 Å². The van der Waals surface area contributed by atoms with Gasteiger partial charge in [0, 0.05) is 31.2 Å². The Hall–Kier alpha value is -0.966. The minimum atomic E-state index is -1.73. The van der Waals surface area contributed by atoms with Crippen LogP contribution in [0.2, 0.25) is 39.3 Å². The van der Waals surface area contributed by atoms with E-state index < -0.39 is 28.3 Å². The zero-order valence-corrected chi connectivity index (χ0v) is 20.4. The lowest BCUT2D eigenvalue weighted by Crippen LogP contribution is -2.36. The van der Waals surface area contributed by atoms with Crippen LogP contribution >= 0.6 is 0 Å². The molecule has 0 saturated carbocycles. The van der Waals surface area contributed by atoms with Crippen molar-refractivity contribution < 1.29 is 23.2 Å². The second-order valence-electron chi connectivity index (χ2n) is 10.0. The number of ketones is 1. The molecule has 1 N–H and O–H groups in total. The quantitative estimate of drug-likeness (QED) is 0.608. The lowest BCUT2D eigenvalue weighted by Gasteiger charge is -2.26. The van der Waals surface area contributed by atoms with Gasteiger partial charge in [-0.1, -0.05) is 6.08 Å². The molecule has 0 fully saturated rings. The van der Waals surface area contributed by atoms with Crippen molar-refractivity contribution in [1.29, 1.82) is 0 Å². The molecule has 0 heterocycles. The summed E-state index contributed by atoms with van der Waals surface area (Å²) in [7, 11) is -3.41. The van der Waals surface area contributed by atoms with Crippen LogP contribution in [0.3, 0.4) is 0 Å². The van der Waals surface area contributed by atoms with Crippen LogP contribution in [0.15, 0.2) is 11.6 Å². The molecule has 0 aromatic rings. The van der Waals surface area contributed by atoms with Gasteiger partial charge in [0.05, 0.1) is 5.92 Å². The maximum Gasteiger partial charge on any atom is 0.407 e. The minimum absolute atomic E-state index is 0.0176. The fourth-order valence-corrected chi connectivity index (χ4v) is 3.94. The zero-order valence-electron chi connectivity index (χ0n) is 18.4. The van der Waals surface area contributed by atoms with E-state index in [9.17, 15) is 9.59 Å². The highest BCUT2D eigenvalue weighted by Crippen LogP contribution is 2.30. The fraction of sp³-hybridized carbons (Fsp3) is 0.789. The van der Waals surface area contributed by atoms with E-state index in [1.54, 1.807) is 20.8 Å². The summed E-state index contributed by atoms with van der Waals surface area (Å²) in [5.74, 6) is -0.229. The molecule has 0 saturated heterocycles. The third kappa shape index (κ3) is 9.68. The molecule has 2 atom stereocenters. The summed E-state index contributed by atoms with van der Waals surface area (Å²) in [6.45, 7) is 19.2. The number of Topliss-reactive ketones (excluding diaryl/α,β-unsaturated/α-hetero) is 1. The Morgan fingerprint density at radius 1 is 1.04 bits per heavy atom. The largest absolute Gasteiger partial charge is 0.444 e. The van der Waals surface area contributed by atoms with Gasteiger partial charge < -0.3 is 18.9 Å². The Kier molecular flexibility index (Phi) is 8.04.